The van der Waals surface area contributed by atoms with E-state index in [1.54, 1.807) is 0 Å². The molecule has 0 amide bonds. The Kier molecular flexibility index (Phi) is 3.42. The molecule has 0 saturated carbocycles. The Morgan fingerprint density at radius 3 is 1.76 bits per heavy atom. The van der Waals surface area contributed by atoms with Gasteiger partial charge in [0, 0.05) is 26.9 Å². The molecule has 0 aliphatic carbocycles. The number of furan rings is 2. The molecule has 2 nitrogen and oxygen atoms in total. The standard InChI is InChI=1S/C32H18O2/c1-2-7-21-18-31-28(15-20(21)6-1)27-17-23(10-13-29(27)33-31)22-11-14-30-26(16-22)25-12-9-19-5-3-4-8-24(19)32(25)34-30/h1-18H. The second kappa shape index (κ2) is 6.49. The number of benzene rings is 6. The van der Waals surface area contributed by atoms with Crippen molar-refractivity contribution >= 4 is 65.4 Å². The van der Waals surface area contributed by atoms with Crippen molar-refractivity contribution in [1.29, 1.82) is 0 Å². The largest absolute Gasteiger partial charge is 0.456 e. The zero-order valence-corrected chi connectivity index (χ0v) is 18.2. The van der Waals surface area contributed by atoms with Crippen molar-refractivity contribution in [2.24, 2.45) is 0 Å². The number of hydrogen-bond acceptors (Lipinski definition) is 2. The monoisotopic (exact) mass is 434 g/mol. The Morgan fingerprint density at radius 1 is 0.353 bits per heavy atom. The Labute approximate surface area is 194 Å². The smallest absolute Gasteiger partial charge is 0.143 e. The van der Waals surface area contributed by atoms with Gasteiger partial charge in [0.25, 0.3) is 0 Å². The molecule has 0 bridgehead atoms. The SMILES string of the molecule is c1ccc2cc3c(cc2c1)oc1ccc(-c2ccc4oc5c6ccccc6ccc5c4c2)cc13. The molecule has 6 aromatic carbocycles. The van der Waals surface area contributed by atoms with Crippen molar-refractivity contribution < 1.29 is 8.83 Å². The van der Waals surface area contributed by atoms with E-state index in [9.17, 15) is 0 Å². The van der Waals surface area contributed by atoms with Gasteiger partial charge in [0.05, 0.1) is 0 Å². The minimum absolute atomic E-state index is 0.912. The van der Waals surface area contributed by atoms with E-state index in [1.165, 1.54) is 27.3 Å². The van der Waals surface area contributed by atoms with E-state index in [4.69, 9.17) is 8.83 Å². The normalized spacial score (nSPS) is 12.1. The highest BCUT2D eigenvalue weighted by Gasteiger charge is 2.13. The van der Waals surface area contributed by atoms with Crippen molar-refractivity contribution in [3.05, 3.63) is 109 Å². The van der Waals surface area contributed by atoms with E-state index in [1.807, 2.05) is 0 Å². The molecule has 0 spiro atoms. The lowest BCUT2D eigenvalue weighted by atomic mass is 9.99. The van der Waals surface area contributed by atoms with Crippen LogP contribution in [0.1, 0.15) is 0 Å². The Balaban J connectivity index is 1.35. The summed E-state index contributed by atoms with van der Waals surface area (Å²) in [6.07, 6.45) is 0. The van der Waals surface area contributed by atoms with Crippen LogP contribution in [0.3, 0.4) is 0 Å². The molecule has 8 aromatic rings. The summed E-state index contributed by atoms with van der Waals surface area (Å²) in [4.78, 5) is 0. The van der Waals surface area contributed by atoms with E-state index >= 15 is 0 Å². The highest BCUT2D eigenvalue weighted by Crippen LogP contribution is 2.38. The first kappa shape index (κ1) is 17.9. The fraction of sp³-hybridized carbons (Fsp3) is 0. The molecule has 0 saturated heterocycles. The summed E-state index contributed by atoms with van der Waals surface area (Å²) in [6, 6.07) is 38.5. The fourth-order valence-corrected chi connectivity index (χ4v) is 5.33. The van der Waals surface area contributed by atoms with Gasteiger partial charge < -0.3 is 8.83 Å². The second-order valence-electron chi connectivity index (χ2n) is 8.98. The lowest BCUT2D eigenvalue weighted by Gasteiger charge is -2.03. The van der Waals surface area contributed by atoms with Crippen LogP contribution in [0.2, 0.25) is 0 Å². The van der Waals surface area contributed by atoms with Gasteiger partial charge in [-0.15, -0.1) is 0 Å². The van der Waals surface area contributed by atoms with E-state index in [0.717, 1.165) is 49.3 Å². The van der Waals surface area contributed by atoms with Crippen LogP contribution in [0.25, 0.3) is 76.5 Å². The van der Waals surface area contributed by atoms with Gasteiger partial charge in [0.1, 0.15) is 22.3 Å². The lowest BCUT2D eigenvalue weighted by Crippen LogP contribution is -1.78. The highest BCUT2D eigenvalue weighted by molar-refractivity contribution is 6.16. The van der Waals surface area contributed by atoms with E-state index in [2.05, 4.69) is 109 Å². The first-order chi connectivity index (χ1) is 16.8. The van der Waals surface area contributed by atoms with Gasteiger partial charge in [0.2, 0.25) is 0 Å². The van der Waals surface area contributed by atoms with Gasteiger partial charge in [-0.3, -0.25) is 0 Å². The molecule has 0 atom stereocenters. The third kappa shape index (κ3) is 2.45. The number of rotatable bonds is 1. The van der Waals surface area contributed by atoms with E-state index in [-0.39, 0.29) is 0 Å². The summed E-state index contributed by atoms with van der Waals surface area (Å²) in [7, 11) is 0. The van der Waals surface area contributed by atoms with Crippen LogP contribution >= 0.6 is 0 Å². The Bertz CT molecular complexity index is 2050. The van der Waals surface area contributed by atoms with Crippen molar-refractivity contribution in [1.82, 2.24) is 0 Å². The van der Waals surface area contributed by atoms with Crippen molar-refractivity contribution in [2.45, 2.75) is 0 Å². The summed E-state index contributed by atoms with van der Waals surface area (Å²) in [5, 5.41) is 9.34. The van der Waals surface area contributed by atoms with Crippen LogP contribution in [-0.2, 0) is 0 Å². The molecule has 2 heteroatoms. The third-order valence-corrected chi connectivity index (χ3v) is 7.03. The molecule has 0 fully saturated rings. The molecule has 2 heterocycles. The van der Waals surface area contributed by atoms with Crippen LogP contribution in [0.4, 0.5) is 0 Å². The van der Waals surface area contributed by atoms with Gasteiger partial charge in [-0.05, 0) is 69.8 Å². The first-order valence-electron chi connectivity index (χ1n) is 11.5. The van der Waals surface area contributed by atoms with Crippen LogP contribution in [0, 0.1) is 0 Å². The van der Waals surface area contributed by atoms with Crippen molar-refractivity contribution in [3.8, 4) is 11.1 Å². The second-order valence-corrected chi connectivity index (χ2v) is 8.98. The maximum Gasteiger partial charge on any atom is 0.143 e. The van der Waals surface area contributed by atoms with Gasteiger partial charge in [-0.1, -0.05) is 66.7 Å². The van der Waals surface area contributed by atoms with Gasteiger partial charge >= 0.3 is 0 Å². The summed E-state index contributed by atoms with van der Waals surface area (Å²) in [5.74, 6) is 0. The first-order valence-corrected chi connectivity index (χ1v) is 11.5. The summed E-state index contributed by atoms with van der Waals surface area (Å²) in [6.45, 7) is 0. The molecule has 158 valence electrons. The summed E-state index contributed by atoms with van der Waals surface area (Å²) in [5.41, 5.74) is 6.04. The maximum atomic E-state index is 6.30. The Hall–Kier alpha value is -4.56. The van der Waals surface area contributed by atoms with E-state index in [0.29, 0.717) is 0 Å². The lowest BCUT2D eigenvalue weighted by molar-refractivity contribution is 0.669. The molecular weight excluding hydrogens is 416 g/mol. The number of fused-ring (bicyclic) bond motifs is 9. The maximum absolute atomic E-state index is 6.30. The van der Waals surface area contributed by atoms with Gasteiger partial charge in [-0.2, -0.15) is 0 Å². The van der Waals surface area contributed by atoms with Crippen LogP contribution in [-0.4, -0.2) is 0 Å². The molecule has 0 aliphatic rings. The predicted octanol–water partition coefficient (Wildman–Crippen LogP) is 9.46. The molecule has 0 N–H and O–H groups in total. The average Bonchev–Trinajstić information content (AvgIpc) is 3.44. The minimum atomic E-state index is 0.912. The molecule has 0 radical (unpaired) electrons. The molecule has 8 rings (SSSR count). The van der Waals surface area contributed by atoms with Gasteiger partial charge in [-0.25, -0.2) is 0 Å². The van der Waals surface area contributed by atoms with Crippen LogP contribution in [0.15, 0.2) is 118 Å². The minimum Gasteiger partial charge on any atom is -0.456 e. The topological polar surface area (TPSA) is 26.3 Å². The van der Waals surface area contributed by atoms with E-state index < -0.39 is 0 Å². The number of hydrogen-bond donors (Lipinski definition) is 0. The van der Waals surface area contributed by atoms with Crippen LogP contribution in [0.5, 0.6) is 0 Å². The molecule has 0 aliphatic heterocycles. The fourth-order valence-electron chi connectivity index (χ4n) is 5.33. The van der Waals surface area contributed by atoms with Crippen molar-refractivity contribution in [2.75, 3.05) is 0 Å². The summed E-state index contributed by atoms with van der Waals surface area (Å²) < 4.78 is 12.5. The zero-order chi connectivity index (χ0) is 22.2. The summed E-state index contributed by atoms with van der Waals surface area (Å²) >= 11 is 0. The molecule has 0 unspecified atom stereocenters. The molecular formula is C32H18O2. The van der Waals surface area contributed by atoms with Gasteiger partial charge in [0.15, 0.2) is 0 Å². The zero-order valence-electron chi connectivity index (χ0n) is 18.2. The highest BCUT2D eigenvalue weighted by atomic mass is 16.3. The molecule has 34 heavy (non-hydrogen) atoms. The Morgan fingerprint density at radius 2 is 0.971 bits per heavy atom. The van der Waals surface area contributed by atoms with Crippen molar-refractivity contribution in [3.63, 3.8) is 0 Å². The average molecular weight is 434 g/mol. The quantitative estimate of drug-likeness (QED) is 0.257. The van der Waals surface area contributed by atoms with Crippen LogP contribution < -0.4 is 0 Å². The third-order valence-electron chi connectivity index (χ3n) is 7.03. The molecule has 2 aromatic heterocycles. The predicted molar refractivity (Wildman–Crippen MR) is 141 cm³/mol.